The Balaban J connectivity index is 3.52. The van der Waals surface area contributed by atoms with E-state index in [4.69, 9.17) is 0 Å². The van der Waals surface area contributed by atoms with Gasteiger partial charge in [-0.15, -0.1) is 0 Å². The van der Waals surface area contributed by atoms with E-state index < -0.39 is 66.2 Å². The second kappa shape index (κ2) is 7.30. The van der Waals surface area contributed by atoms with E-state index in [1.165, 1.54) is 0 Å². The van der Waals surface area contributed by atoms with Crippen LogP contribution in [0.3, 0.4) is 0 Å². The molecule has 1 heterocycles. The van der Waals surface area contributed by atoms with E-state index in [1.54, 1.807) is 0 Å². The maximum absolute atomic E-state index is 14.1. The van der Waals surface area contributed by atoms with Crippen molar-refractivity contribution in [3.05, 3.63) is 0 Å². The van der Waals surface area contributed by atoms with Gasteiger partial charge in [0.1, 0.15) is 6.04 Å². The lowest BCUT2D eigenvalue weighted by Gasteiger charge is -2.41. The number of hydrogen-bond acceptors (Lipinski definition) is 4. The molecule has 1 amide bonds. The highest BCUT2D eigenvalue weighted by Gasteiger charge is 2.91. The van der Waals surface area contributed by atoms with Crippen LogP contribution in [-0.2, 0) is 14.3 Å². The molecule has 0 unspecified atom stereocenters. The van der Waals surface area contributed by atoms with Crippen molar-refractivity contribution in [3.8, 4) is 0 Å². The van der Waals surface area contributed by atoms with Crippen molar-refractivity contribution < 1.29 is 71.4 Å². The van der Waals surface area contributed by atoms with E-state index in [2.05, 4.69) is 4.74 Å². The van der Waals surface area contributed by atoms with Gasteiger partial charge in [0.05, 0.1) is 6.61 Å². The molecule has 0 aliphatic carbocycles. The molecule has 0 saturated carbocycles. The Hall–Kier alpha value is -2.01. The molecule has 0 aromatic heterocycles. The van der Waals surface area contributed by atoms with Crippen molar-refractivity contribution in [2.24, 2.45) is 5.92 Å². The molecule has 176 valence electrons. The third kappa shape index (κ3) is 3.41. The third-order valence-corrected chi connectivity index (χ3v) is 3.86. The van der Waals surface area contributed by atoms with Gasteiger partial charge in [-0.25, -0.2) is 5.43 Å². The van der Waals surface area contributed by atoms with E-state index in [9.17, 15) is 66.7 Å². The zero-order valence-corrected chi connectivity index (χ0v) is 14.0. The Morgan fingerprint density at radius 3 is 1.67 bits per heavy atom. The van der Waals surface area contributed by atoms with Crippen LogP contribution < -0.4 is 10.9 Å². The Morgan fingerprint density at radius 1 is 0.833 bits per heavy atom. The molecule has 0 bridgehead atoms. The summed E-state index contributed by atoms with van der Waals surface area (Å²) in [6.45, 7) is 0.358. The van der Waals surface area contributed by atoms with Crippen LogP contribution >= 0.6 is 0 Å². The fraction of sp³-hybridized carbons (Fsp3) is 0.833. The van der Waals surface area contributed by atoms with Crippen LogP contribution in [0.2, 0.25) is 0 Å². The Labute approximate surface area is 156 Å². The molecular weight excluding hydrogens is 467 g/mol. The van der Waals surface area contributed by atoms with E-state index in [1.807, 2.05) is 0 Å². The minimum absolute atomic E-state index is 0.663. The summed E-state index contributed by atoms with van der Waals surface area (Å²) in [4.78, 5) is 22.8. The Morgan fingerprint density at radius 2 is 1.27 bits per heavy atom. The van der Waals surface area contributed by atoms with Gasteiger partial charge < -0.3 is 4.74 Å². The average molecular weight is 476 g/mol. The molecule has 2 atom stereocenters. The highest BCUT2D eigenvalue weighted by Crippen LogP contribution is 2.61. The summed E-state index contributed by atoms with van der Waals surface area (Å²) in [7, 11) is 0. The molecule has 0 aromatic carbocycles. The van der Waals surface area contributed by atoms with E-state index in [0.717, 1.165) is 17.8 Å². The monoisotopic (exact) mass is 476 g/mol. The molecule has 1 saturated heterocycles. The van der Waals surface area contributed by atoms with Crippen molar-refractivity contribution in [3.63, 3.8) is 0 Å². The third-order valence-electron chi connectivity index (χ3n) is 3.86. The molecule has 0 aromatic rings. The molecule has 2 N–H and O–H groups in total. The van der Waals surface area contributed by atoms with Gasteiger partial charge in [-0.05, 0) is 6.92 Å². The van der Waals surface area contributed by atoms with Crippen molar-refractivity contribution in [1.82, 2.24) is 10.9 Å². The summed E-state index contributed by atoms with van der Waals surface area (Å²) < 4.78 is 175. The number of esters is 1. The van der Waals surface area contributed by atoms with Gasteiger partial charge in [0, 0.05) is 0 Å². The minimum Gasteiger partial charge on any atom is -0.465 e. The summed E-state index contributed by atoms with van der Waals surface area (Å²) in [6, 6.07) is -3.79. The first-order valence-electron chi connectivity index (χ1n) is 7.30. The van der Waals surface area contributed by atoms with Gasteiger partial charge in [0.15, 0.2) is 5.92 Å². The van der Waals surface area contributed by atoms with Crippen molar-refractivity contribution >= 4 is 11.9 Å². The van der Waals surface area contributed by atoms with Crippen LogP contribution in [0.5, 0.6) is 0 Å². The maximum Gasteiger partial charge on any atom is 0.460 e. The minimum atomic E-state index is -8.08. The number of carbonyl (C=O) groups excluding carboxylic acids is 2. The highest BCUT2D eigenvalue weighted by atomic mass is 19.4. The molecule has 5 nitrogen and oxygen atoms in total. The van der Waals surface area contributed by atoms with Gasteiger partial charge in [0.25, 0.3) is 0 Å². The quantitative estimate of drug-likeness (QED) is 0.337. The normalized spacial score (nSPS) is 22.1. The summed E-state index contributed by atoms with van der Waals surface area (Å²) in [5, 5.41) is 0. The number of hydrogen-bond donors (Lipinski definition) is 2. The number of alkyl halides is 13. The number of ether oxygens (including phenoxy) is 1. The lowest BCUT2D eigenvalue weighted by molar-refractivity contribution is -0.441. The fourth-order valence-corrected chi connectivity index (χ4v) is 2.21. The summed E-state index contributed by atoms with van der Waals surface area (Å²) >= 11 is 0. The molecule has 30 heavy (non-hydrogen) atoms. The van der Waals surface area contributed by atoms with Gasteiger partial charge in [-0.1, -0.05) is 0 Å². The number of halogens is 13. The predicted octanol–water partition coefficient (Wildman–Crippen LogP) is 2.91. The Kier molecular flexibility index (Phi) is 6.33. The molecular formula is C12H9F13N2O3. The maximum atomic E-state index is 14.1. The number of carbonyl (C=O) groups is 2. The fourth-order valence-electron chi connectivity index (χ4n) is 2.21. The van der Waals surface area contributed by atoms with Crippen molar-refractivity contribution in [2.75, 3.05) is 6.61 Å². The standard InChI is InChI=1S/C12H9F13N2O3/c1-2-30-6(29)3-4(26-27-5(3)28)7(13,14)8(15,16)9(17,18)10(19,20)11(21,22)12(23,24)25/h3-4,26H,2H2,1H3,(H,27,28)/t3-,4+/m1/s1. The van der Waals surface area contributed by atoms with Crippen LogP contribution in [-0.4, -0.2) is 60.3 Å². The molecule has 18 heteroatoms. The Bertz CT molecular complexity index is 691. The van der Waals surface area contributed by atoms with E-state index in [-0.39, 0.29) is 0 Å². The van der Waals surface area contributed by atoms with E-state index >= 15 is 0 Å². The predicted molar refractivity (Wildman–Crippen MR) is 66.0 cm³/mol. The molecule has 1 aliphatic heterocycles. The topological polar surface area (TPSA) is 67.4 Å². The number of hydrazine groups is 1. The second-order valence-electron chi connectivity index (χ2n) is 5.76. The number of amides is 1. The smallest absolute Gasteiger partial charge is 0.460 e. The van der Waals surface area contributed by atoms with Gasteiger partial charge in [0.2, 0.25) is 5.91 Å². The number of nitrogens with one attached hydrogen (secondary N) is 2. The zero-order valence-electron chi connectivity index (χ0n) is 14.0. The zero-order chi connectivity index (χ0) is 24.1. The van der Waals surface area contributed by atoms with Gasteiger partial charge in [-0.2, -0.15) is 57.1 Å². The van der Waals surface area contributed by atoms with E-state index in [0.29, 0.717) is 0 Å². The molecule has 1 fully saturated rings. The van der Waals surface area contributed by atoms with Crippen LogP contribution in [0.1, 0.15) is 6.92 Å². The van der Waals surface area contributed by atoms with Crippen LogP contribution in [0.4, 0.5) is 57.1 Å². The molecule has 0 spiro atoms. The average Bonchev–Trinajstić information content (AvgIpc) is 2.95. The largest absolute Gasteiger partial charge is 0.465 e. The number of rotatable bonds is 7. The second-order valence-corrected chi connectivity index (χ2v) is 5.76. The first-order chi connectivity index (χ1) is 13.1. The lowest BCUT2D eigenvalue weighted by Crippen LogP contribution is -2.73. The summed E-state index contributed by atoms with van der Waals surface area (Å²) in [5.74, 6) is -45.3. The molecule has 1 rings (SSSR count). The summed E-state index contributed by atoms with van der Waals surface area (Å²) in [6.07, 6.45) is -7.54. The lowest BCUT2D eigenvalue weighted by atomic mass is 9.86. The van der Waals surface area contributed by atoms with Crippen LogP contribution in [0, 0.1) is 5.92 Å². The first kappa shape index (κ1) is 26.0. The van der Waals surface area contributed by atoms with Crippen LogP contribution in [0.15, 0.2) is 0 Å². The molecule has 1 aliphatic rings. The van der Waals surface area contributed by atoms with Crippen molar-refractivity contribution in [1.29, 1.82) is 0 Å². The molecule has 0 radical (unpaired) electrons. The van der Waals surface area contributed by atoms with Gasteiger partial charge in [-0.3, -0.25) is 15.0 Å². The van der Waals surface area contributed by atoms with Crippen LogP contribution in [0.25, 0.3) is 0 Å². The van der Waals surface area contributed by atoms with Crippen molar-refractivity contribution in [2.45, 2.75) is 48.8 Å². The first-order valence-corrected chi connectivity index (χ1v) is 7.30. The highest BCUT2D eigenvalue weighted by molar-refractivity contribution is 6.00. The summed E-state index contributed by atoms with van der Waals surface area (Å²) in [5.41, 5.74) is 2.03. The van der Waals surface area contributed by atoms with Gasteiger partial charge >= 0.3 is 41.8 Å². The SMILES string of the molecule is CCOC(=O)[C@H]1C(=O)NN[C@@H]1C(F)(F)C(F)(F)C(F)(F)C(F)(F)C(F)(F)C(F)(F)F.